The van der Waals surface area contributed by atoms with Crippen LogP contribution in [0.25, 0.3) is 33.1 Å². The second-order valence-electron chi connectivity index (χ2n) is 6.35. The van der Waals surface area contributed by atoms with Gasteiger partial charge in [0.1, 0.15) is 0 Å². The lowest BCUT2D eigenvalue weighted by Crippen LogP contribution is -2.08. The number of aromatic nitrogens is 4. The van der Waals surface area contributed by atoms with Crippen molar-refractivity contribution in [2.75, 3.05) is 5.73 Å². The first-order chi connectivity index (χ1) is 11.8. The number of hydrogen-bond acceptors (Lipinski definition) is 4. The van der Waals surface area contributed by atoms with E-state index < -0.39 is 0 Å². The van der Waals surface area contributed by atoms with Crippen LogP contribution in [0.5, 0.6) is 0 Å². The van der Waals surface area contributed by atoms with E-state index in [0.29, 0.717) is 5.95 Å². The fourth-order valence-electron chi connectivity index (χ4n) is 3.86. The zero-order valence-corrected chi connectivity index (χ0v) is 13.2. The monoisotopic (exact) mass is 315 g/mol. The Hall–Kier alpha value is -2.95. The van der Waals surface area contributed by atoms with Crippen molar-refractivity contribution in [2.45, 2.75) is 25.7 Å². The van der Waals surface area contributed by atoms with Crippen molar-refractivity contribution in [3.05, 3.63) is 47.9 Å². The Kier molecular flexibility index (Phi) is 2.82. The van der Waals surface area contributed by atoms with Gasteiger partial charge >= 0.3 is 0 Å². The molecule has 5 nitrogen and oxygen atoms in total. The molecule has 3 N–H and O–H groups in total. The summed E-state index contributed by atoms with van der Waals surface area (Å²) in [6, 6.07) is 6.36. The molecule has 24 heavy (non-hydrogen) atoms. The highest BCUT2D eigenvalue weighted by molar-refractivity contribution is 6.08. The third-order valence-electron chi connectivity index (χ3n) is 4.95. The highest BCUT2D eigenvalue weighted by atomic mass is 15.0. The van der Waals surface area contributed by atoms with E-state index in [9.17, 15) is 0 Å². The molecule has 0 saturated heterocycles. The maximum atomic E-state index is 5.64. The molecule has 5 rings (SSSR count). The molecule has 1 aromatic carbocycles. The van der Waals surface area contributed by atoms with Crippen molar-refractivity contribution in [2.24, 2.45) is 0 Å². The number of rotatable bonds is 1. The number of nitrogens with two attached hydrogens (primary N) is 1. The molecule has 0 fully saturated rings. The number of fused-ring (bicyclic) bond motifs is 5. The first-order valence-electron chi connectivity index (χ1n) is 8.31. The molecule has 0 spiro atoms. The predicted molar refractivity (Wildman–Crippen MR) is 95.7 cm³/mol. The fraction of sp³-hybridized carbons (Fsp3) is 0.211. The lowest BCUT2D eigenvalue weighted by atomic mass is 9.86. The zero-order valence-electron chi connectivity index (χ0n) is 13.2. The van der Waals surface area contributed by atoms with Gasteiger partial charge in [0.2, 0.25) is 5.95 Å². The van der Waals surface area contributed by atoms with Gasteiger partial charge in [-0.15, -0.1) is 0 Å². The molecule has 0 bridgehead atoms. The van der Waals surface area contributed by atoms with Crippen LogP contribution in [0.4, 0.5) is 5.95 Å². The third-order valence-corrected chi connectivity index (χ3v) is 4.95. The first kappa shape index (κ1) is 13.5. The van der Waals surface area contributed by atoms with E-state index in [-0.39, 0.29) is 0 Å². The van der Waals surface area contributed by atoms with Crippen LogP contribution in [-0.4, -0.2) is 19.9 Å². The number of nitrogen functional groups attached to an aromatic ring is 1. The molecule has 4 aromatic rings. The molecular formula is C19H17N5. The number of aryl methyl sites for hydroxylation is 1. The van der Waals surface area contributed by atoms with Gasteiger partial charge in [0, 0.05) is 40.4 Å². The molecule has 0 amide bonds. The van der Waals surface area contributed by atoms with E-state index >= 15 is 0 Å². The summed E-state index contributed by atoms with van der Waals surface area (Å²) in [6.45, 7) is 0. The molecule has 3 heterocycles. The van der Waals surface area contributed by atoms with Gasteiger partial charge in [0.25, 0.3) is 0 Å². The quantitative estimate of drug-likeness (QED) is 0.562. The standard InChI is InChI=1S/C19H17N5/c20-19-22-9-11(10-23-19)18-13-4-2-1-3-12(13)17-14-7-8-21-15(14)5-6-16(17)24-18/h5-10,21H,1-4H2,(H2,20,22,23). The highest BCUT2D eigenvalue weighted by Crippen LogP contribution is 2.37. The van der Waals surface area contributed by atoms with Crippen molar-refractivity contribution in [1.82, 2.24) is 19.9 Å². The smallest absolute Gasteiger partial charge is 0.219 e. The predicted octanol–water partition coefficient (Wildman–Crippen LogP) is 3.63. The van der Waals surface area contributed by atoms with Crippen LogP contribution in [0.15, 0.2) is 36.8 Å². The van der Waals surface area contributed by atoms with Crippen molar-refractivity contribution >= 4 is 27.8 Å². The lowest BCUT2D eigenvalue weighted by Gasteiger charge is -2.21. The molecule has 3 aromatic heterocycles. The molecule has 1 aliphatic carbocycles. The Morgan fingerprint density at radius 1 is 0.958 bits per heavy atom. The third kappa shape index (κ3) is 1.91. The van der Waals surface area contributed by atoms with Crippen LogP contribution in [0, 0.1) is 0 Å². The summed E-state index contributed by atoms with van der Waals surface area (Å²) < 4.78 is 0. The number of pyridine rings is 1. The summed E-state index contributed by atoms with van der Waals surface area (Å²) >= 11 is 0. The van der Waals surface area contributed by atoms with Gasteiger partial charge < -0.3 is 10.7 Å². The molecule has 0 saturated carbocycles. The summed E-state index contributed by atoms with van der Waals surface area (Å²) in [6.07, 6.45) is 10.1. The average Bonchev–Trinajstić information content (AvgIpc) is 3.10. The highest BCUT2D eigenvalue weighted by Gasteiger charge is 2.21. The zero-order chi connectivity index (χ0) is 16.1. The lowest BCUT2D eigenvalue weighted by molar-refractivity contribution is 0.689. The van der Waals surface area contributed by atoms with Crippen LogP contribution in [0.3, 0.4) is 0 Å². The van der Waals surface area contributed by atoms with Crippen molar-refractivity contribution < 1.29 is 0 Å². The molecule has 0 radical (unpaired) electrons. The molecule has 5 heteroatoms. The molecule has 1 aliphatic rings. The number of nitrogens with one attached hydrogen (secondary N) is 1. The van der Waals surface area contributed by atoms with Crippen molar-refractivity contribution in [3.63, 3.8) is 0 Å². The topological polar surface area (TPSA) is 80.5 Å². The number of nitrogens with zero attached hydrogens (tertiary/aromatic N) is 3. The number of anilines is 1. The normalized spacial score (nSPS) is 14.2. The fourth-order valence-corrected chi connectivity index (χ4v) is 3.86. The van der Waals surface area contributed by atoms with E-state index in [2.05, 4.69) is 33.2 Å². The number of aromatic amines is 1. The molecule has 0 atom stereocenters. The molecular weight excluding hydrogens is 298 g/mol. The van der Waals surface area contributed by atoms with Crippen LogP contribution in [0.2, 0.25) is 0 Å². The van der Waals surface area contributed by atoms with Gasteiger partial charge in [-0.1, -0.05) is 0 Å². The number of hydrogen-bond donors (Lipinski definition) is 2. The van der Waals surface area contributed by atoms with E-state index in [0.717, 1.165) is 29.6 Å². The van der Waals surface area contributed by atoms with Gasteiger partial charge in [0.15, 0.2) is 0 Å². The molecule has 0 unspecified atom stereocenters. The van der Waals surface area contributed by atoms with E-state index in [4.69, 9.17) is 10.7 Å². The SMILES string of the molecule is Nc1ncc(-c2nc3ccc4[nH]ccc4c3c3c2CCCC3)cn1. The van der Waals surface area contributed by atoms with Crippen molar-refractivity contribution in [3.8, 4) is 11.3 Å². The van der Waals surface area contributed by atoms with Crippen LogP contribution >= 0.6 is 0 Å². The van der Waals surface area contributed by atoms with Gasteiger partial charge in [-0.25, -0.2) is 15.0 Å². The van der Waals surface area contributed by atoms with E-state index in [1.54, 1.807) is 12.4 Å². The summed E-state index contributed by atoms with van der Waals surface area (Å²) in [4.78, 5) is 16.6. The largest absolute Gasteiger partial charge is 0.368 e. The van der Waals surface area contributed by atoms with Crippen molar-refractivity contribution in [1.29, 1.82) is 0 Å². The number of H-pyrrole nitrogens is 1. The van der Waals surface area contributed by atoms with Crippen LogP contribution in [0.1, 0.15) is 24.0 Å². The van der Waals surface area contributed by atoms with Gasteiger partial charge in [0.05, 0.1) is 11.2 Å². The Labute approximate surface area is 139 Å². The van der Waals surface area contributed by atoms with Gasteiger partial charge in [-0.2, -0.15) is 0 Å². The Morgan fingerprint density at radius 2 is 1.75 bits per heavy atom. The Balaban J connectivity index is 1.88. The van der Waals surface area contributed by atoms with Crippen LogP contribution in [-0.2, 0) is 12.8 Å². The van der Waals surface area contributed by atoms with E-state index in [1.807, 2.05) is 6.20 Å². The summed E-state index contributed by atoms with van der Waals surface area (Å²) in [5, 5.41) is 2.56. The Morgan fingerprint density at radius 3 is 2.58 bits per heavy atom. The maximum absolute atomic E-state index is 5.64. The summed E-state index contributed by atoms with van der Waals surface area (Å²) in [5.41, 5.74) is 12.6. The molecule has 0 aliphatic heterocycles. The average molecular weight is 315 g/mol. The number of benzene rings is 1. The Bertz CT molecular complexity index is 1060. The molecule has 118 valence electrons. The summed E-state index contributed by atoms with van der Waals surface area (Å²) in [5.74, 6) is 0.294. The maximum Gasteiger partial charge on any atom is 0.219 e. The minimum Gasteiger partial charge on any atom is -0.368 e. The van der Waals surface area contributed by atoms with Gasteiger partial charge in [-0.05, 0) is 55.0 Å². The van der Waals surface area contributed by atoms with Gasteiger partial charge in [-0.3, -0.25) is 0 Å². The van der Waals surface area contributed by atoms with E-state index in [1.165, 1.54) is 40.3 Å². The second-order valence-corrected chi connectivity index (χ2v) is 6.35. The first-order valence-corrected chi connectivity index (χ1v) is 8.31. The van der Waals surface area contributed by atoms with Crippen LogP contribution < -0.4 is 5.73 Å². The second kappa shape index (κ2) is 5.03. The summed E-state index contributed by atoms with van der Waals surface area (Å²) in [7, 11) is 0. The minimum atomic E-state index is 0.294. The minimum absolute atomic E-state index is 0.294.